The van der Waals surface area contributed by atoms with Crippen LogP contribution in [-0.2, 0) is 13.0 Å². The molecule has 0 spiro atoms. The highest BCUT2D eigenvalue weighted by Gasteiger charge is 2.23. The Kier molecular flexibility index (Phi) is 4.84. The number of amides is 1. The molecule has 3 aromatic rings. The van der Waals surface area contributed by atoms with Crippen molar-refractivity contribution in [2.75, 3.05) is 13.6 Å². The molecular weight excluding hydrogens is 364 g/mol. The molecule has 1 amide bonds. The Morgan fingerprint density at radius 2 is 2.08 bits per heavy atom. The fraction of sp³-hybridized carbons (Fsp3) is 0.316. The molecule has 1 aromatic carbocycles. The Balaban J connectivity index is 1.46. The van der Waals surface area contributed by atoms with Crippen LogP contribution in [0, 0.1) is 0 Å². The van der Waals surface area contributed by atoms with Gasteiger partial charge in [-0.2, -0.15) is 0 Å². The van der Waals surface area contributed by atoms with Crippen LogP contribution in [-0.4, -0.2) is 34.4 Å². The number of thiazole rings is 2. The molecule has 0 aliphatic carbocycles. The zero-order valence-corrected chi connectivity index (χ0v) is 16.4. The summed E-state index contributed by atoms with van der Waals surface area (Å²) in [6, 6.07) is 9.93. The molecule has 0 bridgehead atoms. The van der Waals surface area contributed by atoms with E-state index >= 15 is 0 Å². The highest BCUT2D eigenvalue weighted by molar-refractivity contribution is 7.13. The Morgan fingerprint density at radius 3 is 2.88 bits per heavy atom. The number of carbonyl (C=O) groups excluding carboxylic acids is 1. The van der Waals surface area contributed by atoms with Crippen LogP contribution in [0.25, 0.3) is 11.3 Å². The summed E-state index contributed by atoms with van der Waals surface area (Å²) < 4.78 is 0. The lowest BCUT2D eigenvalue weighted by molar-refractivity contribution is 0.0939. The van der Waals surface area contributed by atoms with Crippen molar-refractivity contribution in [1.82, 2.24) is 20.2 Å². The number of nitrogens with one attached hydrogen (secondary N) is 1. The van der Waals surface area contributed by atoms with Crippen LogP contribution in [0.1, 0.15) is 38.3 Å². The van der Waals surface area contributed by atoms with Gasteiger partial charge in [-0.05, 0) is 14.0 Å². The van der Waals surface area contributed by atoms with Crippen molar-refractivity contribution in [3.05, 3.63) is 56.3 Å². The van der Waals surface area contributed by atoms with Gasteiger partial charge in [-0.1, -0.05) is 30.3 Å². The van der Waals surface area contributed by atoms with Gasteiger partial charge >= 0.3 is 0 Å². The lowest BCUT2D eigenvalue weighted by atomic mass is 10.2. The van der Waals surface area contributed by atoms with E-state index in [1.54, 1.807) is 11.3 Å². The molecule has 0 fully saturated rings. The maximum Gasteiger partial charge on any atom is 0.280 e. The van der Waals surface area contributed by atoms with E-state index in [1.165, 1.54) is 16.2 Å². The zero-order valence-electron chi connectivity index (χ0n) is 14.7. The second-order valence-electron chi connectivity index (χ2n) is 6.51. The number of nitrogens with zero attached hydrogens (tertiary/aromatic N) is 3. The molecule has 26 heavy (non-hydrogen) atoms. The number of carbonyl (C=O) groups is 1. The summed E-state index contributed by atoms with van der Waals surface area (Å²) >= 11 is 3.07. The SMILES string of the molecule is CC(NC(=O)c1nc2c(s1)CN(C)CC2)c1nc(-c2ccccc2)cs1. The van der Waals surface area contributed by atoms with Crippen molar-refractivity contribution < 1.29 is 4.79 Å². The number of hydrogen-bond acceptors (Lipinski definition) is 6. The van der Waals surface area contributed by atoms with Gasteiger partial charge < -0.3 is 10.2 Å². The van der Waals surface area contributed by atoms with Crippen molar-refractivity contribution in [3.63, 3.8) is 0 Å². The Hall–Kier alpha value is -2.09. The first-order chi connectivity index (χ1) is 12.6. The molecule has 1 aliphatic rings. The molecule has 4 rings (SSSR count). The summed E-state index contributed by atoms with van der Waals surface area (Å²) in [5, 5.41) is 6.53. The van der Waals surface area contributed by atoms with Crippen LogP contribution in [0.3, 0.4) is 0 Å². The number of fused-ring (bicyclic) bond motifs is 1. The van der Waals surface area contributed by atoms with Crippen LogP contribution in [0.2, 0.25) is 0 Å². The number of likely N-dealkylation sites (N-methyl/N-ethyl adjacent to an activating group) is 1. The van der Waals surface area contributed by atoms with Crippen molar-refractivity contribution in [2.45, 2.75) is 25.9 Å². The Morgan fingerprint density at radius 1 is 1.27 bits per heavy atom. The second kappa shape index (κ2) is 7.26. The molecule has 0 saturated carbocycles. The number of aromatic nitrogens is 2. The summed E-state index contributed by atoms with van der Waals surface area (Å²) in [6.07, 6.45) is 0.915. The van der Waals surface area contributed by atoms with Gasteiger partial charge in [0.2, 0.25) is 0 Å². The van der Waals surface area contributed by atoms with Gasteiger partial charge in [-0.25, -0.2) is 9.97 Å². The third-order valence-electron chi connectivity index (χ3n) is 4.43. The first-order valence-corrected chi connectivity index (χ1v) is 10.3. The van der Waals surface area contributed by atoms with E-state index in [1.807, 2.05) is 42.6 Å². The predicted molar refractivity (Wildman–Crippen MR) is 106 cm³/mol. The molecule has 2 aromatic heterocycles. The van der Waals surface area contributed by atoms with Crippen LogP contribution >= 0.6 is 22.7 Å². The standard InChI is InChI=1S/C19H20N4OS2/c1-12(18-22-15(11-25-18)13-6-4-3-5-7-13)20-17(24)19-21-14-8-9-23(2)10-16(14)26-19/h3-7,11-12H,8-10H2,1-2H3,(H,20,24). The van der Waals surface area contributed by atoms with Crippen molar-refractivity contribution in [1.29, 1.82) is 0 Å². The second-order valence-corrected chi connectivity index (χ2v) is 8.48. The van der Waals surface area contributed by atoms with Gasteiger partial charge in [0.15, 0.2) is 5.01 Å². The summed E-state index contributed by atoms with van der Waals surface area (Å²) in [6.45, 7) is 3.84. The molecular formula is C19H20N4OS2. The maximum atomic E-state index is 12.6. The summed E-state index contributed by atoms with van der Waals surface area (Å²) in [5.74, 6) is -0.115. The van der Waals surface area contributed by atoms with E-state index in [-0.39, 0.29) is 11.9 Å². The third-order valence-corrected chi connectivity index (χ3v) is 6.53. The van der Waals surface area contributed by atoms with Gasteiger partial charge in [-0.15, -0.1) is 22.7 Å². The van der Waals surface area contributed by atoms with E-state index in [4.69, 9.17) is 0 Å². The van der Waals surface area contributed by atoms with Crippen LogP contribution in [0.4, 0.5) is 0 Å². The average molecular weight is 385 g/mol. The lowest BCUT2D eigenvalue weighted by Crippen LogP contribution is -2.26. The van der Waals surface area contributed by atoms with Crippen LogP contribution in [0.5, 0.6) is 0 Å². The Bertz CT molecular complexity index is 919. The molecule has 7 heteroatoms. The first kappa shape index (κ1) is 17.3. The Labute approximate surface area is 160 Å². The molecule has 1 atom stereocenters. The molecule has 134 valence electrons. The lowest BCUT2D eigenvalue weighted by Gasteiger charge is -2.20. The number of benzene rings is 1. The zero-order chi connectivity index (χ0) is 18.1. The highest BCUT2D eigenvalue weighted by atomic mass is 32.1. The molecule has 3 heterocycles. The van der Waals surface area contributed by atoms with Gasteiger partial charge in [0.25, 0.3) is 5.91 Å². The normalized spacial score (nSPS) is 15.5. The van der Waals surface area contributed by atoms with Crippen molar-refractivity contribution in [2.24, 2.45) is 0 Å². The molecule has 0 saturated heterocycles. The smallest absolute Gasteiger partial charge is 0.280 e. The van der Waals surface area contributed by atoms with E-state index in [0.717, 1.165) is 41.5 Å². The minimum atomic E-state index is -0.145. The first-order valence-electron chi connectivity index (χ1n) is 8.59. The fourth-order valence-corrected chi connectivity index (χ4v) is 4.89. The third kappa shape index (κ3) is 3.56. The average Bonchev–Trinajstić information content (AvgIpc) is 3.29. The predicted octanol–water partition coefficient (Wildman–Crippen LogP) is 3.75. The monoisotopic (exact) mass is 384 g/mol. The van der Waals surface area contributed by atoms with Crippen molar-refractivity contribution in [3.8, 4) is 11.3 Å². The fourth-order valence-electron chi connectivity index (χ4n) is 2.97. The van der Waals surface area contributed by atoms with Gasteiger partial charge in [0.1, 0.15) is 5.01 Å². The van der Waals surface area contributed by atoms with E-state index in [9.17, 15) is 4.79 Å². The minimum Gasteiger partial charge on any atom is -0.341 e. The van der Waals surface area contributed by atoms with Crippen molar-refractivity contribution >= 4 is 28.6 Å². The van der Waals surface area contributed by atoms with Crippen LogP contribution < -0.4 is 5.32 Å². The minimum absolute atomic E-state index is 0.115. The molecule has 5 nitrogen and oxygen atoms in total. The number of rotatable bonds is 4. The maximum absolute atomic E-state index is 12.6. The quantitative estimate of drug-likeness (QED) is 0.744. The van der Waals surface area contributed by atoms with E-state index < -0.39 is 0 Å². The van der Waals surface area contributed by atoms with Crippen LogP contribution in [0.15, 0.2) is 35.7 Å². The summed E-state index contributed by atoms with van der Waals surface area (Å²) in [5.41, 5.74) is 3.11. The van der Waals surface area contributed by atoms with E-state index in [2.05, 4.69) is 27.2 Å². The molecule has 1 unspecified atom stereocenters. The largest absolute Gasteiger partial charge is 0.341 e. The van der Waals surface area contributed by atoms with E-state index in [0.29, 0.717) is 5.01 Å². The number of hydrogen-bond donors (Lipinski definition) is 1. The summed E-state index contributed by atoms with van der Waals surface area (Å²) in [7, 11) is 2.09. The highest BCUT2D eigenvalue weighted by Crippen LogP contribution is 2.27. The van der Waals surface area contributed by atoms with Gasteiger partial charge in [0.05, 0.1) is 17.4 Å². The van der Waals surface area contributed by atoms with Gasteiger partial charge in [-0.3, -0.25) is 4.79 Å². The molecule has 1 N–H and O–H groups in total. The topological polar surface area (TPSA) is 58.1 Å². The summed E-state index contributed by atoms with van der Waals surface area (Å²) in [4.78, 5) is 25.3. The molecule has 1 aliphatic heterocycles. The molecule has 0 radical (unpaired) electrons. The van der Waals surface area contributed by atoms with Gasteiger partial charge in [0, 0.05) is 35.3 Å².